The maximum Gasteiger partial charge on any atom is 0.277 e. The Bertz CT molecular complexity index is 648. The molecule has 0 heterocycles. The molecule has 0 atom stereocenters. The van der Waals surface area contributed by atoms with Gasteiger partial charge in [-0.25, -0.2) is 5.43 Å². The van der Waals surface area contributed by atoms with Crippen LogP contribution in [0.25, 0.3) is 0 Å². The number of ether oxygens (including phenoxy) is 1. The number of ketones is 1. The van der Waals surface area contributed by atoms with Crippen molar-refractivity contribution in [2.24, 2.45) is 10.5 Å². The van der Waals surface area contributed by atoms with E-state index in [-0.39, 0.29) is 23.7 Å². The predicted molar refractivity (Wildman–Crippen MR) is 94.2 cm³/mol. The van der Waals surface area contributed by atoms with Crippen molar-refractivity contribution in [2.75, 3.05) is 6.61 Å². The highest BCUT2D eigenvalue weighted by atomic mass is 16.5. The van der Waals surface area contributed by atoms with E-state index in [1.54, 1.807) is 0 Å². The average molecular weight is 330 g/mol. The van der Waals surface area contributed by atoms with E-state index < -0.39 is 0 Å². The zero-order valence-corrected chi connectivity index (χ0v) is 14.9. The minimum atomic E-state index is -0.322. The van der Waals surface area contributed by atoms with Gasteiger partial charge in [-0.15, -0.1) is 0 Å². The monoisotopic (exact) mass is 330 g/mol. The molecule has 5 nitrogen and oxygen atoms in total. The number of hydrazone groups is 1. The van der Waals surface area contributed by atoms with E-state index in [1.807, 2.05) is 38.1 Å². The van der Waals surface area contributed by atoms with Crippen LogP contribution >= 0.6 is 0 Å². The Hall–Kier alpha value is -2.17. The highest BCUT2D eigenvalue weighted by Crippen LogP contribution is 2.31. The molecule has 0 bridgehead atoms. The molecular formula is C19H26N2O3. The van der Waals surface area contributed by atoms with Crippen molar-refractivity contribution < 1.29 is 14.3 Å². The standard InChI is InChI=1S/C19H26N2O3/c1-13(2)16-7-5-6-8-17(16)24-12-18(23)21-20-14-9-15(22)11-19(3,4)10-14/h5-8,13H,9-12H2,1-4H3,(H,21,23)/b20-14+. The van der Waals surface area contributed by atoms with Gasteiger partial charge in [0, 0.05) is 18.6 Å². The van der Waals surface area contributed by atoms with Gasteiger partial charge in [0.2, 0.25) is 0 Å². The molecule has 1 aromatic rings. The maximum absolute atomic E-state index is 12.0. The molecule has 0 spiro atoms. The molecule has 2 rings (SSSR count). The van der Waals surface area contributed by atoms with Crippen molar-refractivity contribution in [3.8, 4) is 5.75 Å². The van der Waals surface area contributed by atoms with Crippen LogP contribution < -0.4 is 10.2 Å². The van der Waals surface area contributed by atoms with Gasteiger partial charge in [-0.2, -0.15) is 5.10 Å². The van der Waals surface area contributed by atoms with Crippen LogP contribution in [-0.4, -0.2) is 24.0 Å². The summed E-state index contributed by atoms with van der Waals surface area (Å²) in [5, 5.41) is 4.12. The summed E-state index contributed by atoms with van der Waals surface area (Å²) in [5.41, 5.74) is 4.20. The highest BCUT2D eigenvalue weighted by Gasteiger charge is 2.30. The molecule has 0 radical (unpaired) electrons. The van der Waals surface area contributed by atoms with Gasteiger partial charge in [-0.3, -0.25) is 9.59 Å². The Morgan fingerprint density at radius 3 is 2.67 bits per heavy atom. The number of Topliss-reactive ketones (excluding diaryl/α,β-unsaturated/α-hetero) is 1. The molecule has 1 aliphatic carbocycles. The number of hydrogen-bond acceptors (Lipinski definition) is 4. The van der Waals surface area contributed by atoms with Gasteiger partial charge < -0.3 is 4.74 Å². The quantitative estimate of drug-likeness (QED) is 0.841. The lowest BCUT2D eigenvalue weighted by atomic mass is 9.76. The Morgan fingerprint density at radius 1 is 1.29 bits per heavy atom. The van der Waals surface area contributed by atoms with E-state index >= 15 is 0 Å². The number of hydrogen-bond donors (Lipinski definition) is 1. The third-order valence-electron chi connectivity index (χ3n) is 4.00. The molecular weight excluding hydrogens is 304 g/mol. The van der Waals surface area contributed by atoms with Gasteiger partial charge in [0.1, 0.15) is 11.5 Å². The molecule has 1 fully saturated rings. The summed E-state index contributed by atoms with van der Waals surface area (Å²) in [5.74, 6) is 0.877. The van der Waals surface area contributed by atoms with Gasteiger partial charge in [-0.1, -0.05) is 45.9 Å². The second-order valence-corrected chi connectivity index (χ2v) is 7.43. The third kappa shape index (κ3) is 5.18. The normalized spacial score (nSPS) is 18.7. The van der Waals surface area contributed by atoms with E-state index in [0.717, 1.165) is 17.7 Å². The molecule has 1 aliphatic rings. The van der Waals surface area contributed by atoms with Crippen molar-refractivity contribution in [1.29, 1.82) is 0 Å². The number of carbonyl (C=O) groups excluding carboxylic acids is 2. The van der Waals surface area contributed by atoms with Crippen molar-refractivity contribution in [3.05, 3.63) is 29.8 Å². The zero-order chi connectivity index (χ0) is 17.7. The van der Waals surface area contributed by atoms with Crippen LogP contribution in [-0.2, 0) is 9.59 Å². The summed E-state index contributed by atoms with van der Waals surface area (Å²) >= 11 is 0. The number of para-hydroxylation sites is 1. The van der Waals surface area contributed by atoms with Crippen molar-refractivity contribution in [2.45, 2.75) is 52.9 Å². The van der Waals surface area contributed by atoms with Gasteiger partial charge in [-0.05, 0) is 29.4 Å². The lowest BCUT2D eigenvalue weighted by Crippen LogP contribution is -2.32. The fraction of sp³-hybridized carbons (Fsp3) is 0.526. The van der Waals surface area contributed by atoms with Gasteiger partial charge in [0.15, 0.2) is 6.61 Å². The Kier molecular flexibility index (Phi) is 5.75. The molecule has 1 N–H and O–H groups in total. The van der Waals surface area contributed by atoms with Crippen molar-refractivity contribution in [3.63, 3.8) is 0 Å². The van der Waals surface area contributed by atoms with E-state index in [9.17, 15) is 9.59 Å². The number of nitrogens with one attached hydrogen (secondary N) is 1. The maximum atomic E-state index is 12.0. The van der Waals surface area contributed by atoms with Crippen LogP contribution in [0.3, 0.4) is 0 Å². The first-order valence-electron chi connectivity index (χ1n) is 8.34. The molecule has 0 saturated heterocycles. The van der Waals surface area contributed by atoms with Crippen LogP contribution in [0.1, 0.15) is 58.4 Å². The predicted octanol–water partition coefficient (Wildman–Crippen LogP) is 3.44. The van der Waals surface area contributed by atoms with E-state index in [2.05, 4.69) is 24.4 Å². The lowest BCUT2D eigenvalue weighted by Gasteiger charge is -2.28. The third-order valence-corrected chi connectivity index (χ3v) is 4.00. The SMILES string of the molecule is CC(C)c1ccccc1OCC(=O)N/N=C1\CC(=O)CC(C)(C)C1. The fourth-order valence-corrected chi connectivity index (χ4v) is 2.99. The Morgan fingerprint density at radius 2 is 2.00 bits per heavy atom. The zero-order valence-electron chi connectivity index (χ0n) is 14.9. The Balaban J connectivity index is 1.90. The Labute approximate surface area is 143 Å². The van der Waals surface area contributed by atoms with Crippen LogP contribution in [0.2, 0.25) is 0 Å². The smallest absolute Gasteiger partial charge is 0.277 e. The number of rotatable bonds is 5. The van der Waals surface area contributed by atoms with Crippen molar-refractivity contribution >= 4 is 17.4 Å². The molecule has 1 amide bonds. The number of benzene rings is 1. The highest BCUT2D eigenvalue weighted by molar-refractivity contribution is 6.05. The van der Waals surface area contributed by atoms with Crippen LogP contribution in [0.4, 0.5) is 0 Å². The lowest BCUT2D eigenvalue weighted by molar-refractivity contribution is -0.123. The first-order chi connectivity index (χ1) is 11.3. The summed E-state index contributed by atoms with van der Waals surface area (Å²) in [7, 11) is 0. The second-order valence-electron chi connectivity index (χ2n) is 7.43. The average Bonchev–Trinajstić information content (AvgIpc) is 2.49. The molecule has 0 unspecified atom stereocenters. The van der Waals surface area contributed by atoms with E-state index in [0.29, 0.717) is 24.5 Å². The minimum Gasteiger partial charge on any atom is -0.483 e. The first-order valence-corrected chi connectivity index (χ1v) is 8.34. The van der Waals surface area contributed by atoms with E-state index in [4.69, 9.17) is 4.74 Å². The summed E-state index contributed by atoms with van der Waals surface area (Å²) in [6.07, 6.45) is 1.60. The van der Waals surface area contributed by atoms with Gasteiger partial charge in [0.05, 0.1) is 0 Å². The van der Waals surface area contributed by atoms with Crippen LogP contribution in [0.15, 0.2) is 29.4 Å². The molecule has 1 saturated carbocycles. The summed E-state index contributed by atoms with van der Waals surface area (Å²) < 4.78 is 5.61. The summed E-state index contributed by atoms with van der Waals surface area (Å²) in [6, 6.07) is 7.69. The first kappa shape index (κ1) is 18.2. The van der Waals surface area contributed by atoms with Crippen molar-refractivity contribution in [1.82, 2.24) is 5.43 Å². The van der Waals surface area contributed by atoms with Crippen LogP contribution in [0.5, 0.6) is 5.75 Å². The van der Waals surface area contributed by atoms with Gasteiger partial charge >= 0.3 is 0 Å². The van der Waals surface area contributed by atoms with Gasteiger partial charge in [0.25, 0.3) is 5.91 Å². The molecule has 0 aliphatic heterocycles. The largest absolute Gasteiger partial charge is 0.483 e. The molecule has 24 heavy (non-hydrogen) atoms. The fourth-order valence-electron chi connectivity index (χ4n) is 2.99. The number of carbonyl (C=O) groups is 2. The van der Waals surface area contributed by atoms with E-state index in [1.165, 1.54) is 0 Å². The molecule has 130 valence electrons. The molecule has 5 heteroatoms. The minimum absolute atomic E-state index is 0.0917. The topological polar surface area (TPSA) is 67.8 Å². The van der Waals surface area contributed by atoms with Crippen LogP contribution in [0, 0.1) is 5.41 Å². The summed E-state index contributed by atoms with van der Waals surface area (Å²) in [6.45, 7) is 8.13. The molecule has 1 aromatic carbocycles. The number of nitrogens with zero attached hydrogens (tertiary/aromatic N) is 1. The molecule has 0 aromatic heterocycles. The second kappa shape index (κ2) is 7.60. The number of amides is 1. The summed E-state index contributed by atoms with van der Waals surface area (Å²) in [4.78, 5) is 23.7.